The Morgan fingerprint density at radius 1 is 0.525 bits per heavy atom. The second kappa shape index (κ2) is 25.6. The topological polar surface area (TPSA) is 35.5 Å². The molecule has 0 saturated carbocycles. The zero-order valence-electron chi connectivity index (χ0n) is 28.2. The zero-order chi connectivity index (χ0) is 30.0. The van der Waals surface area contributed by atoms with Crippen LogP contribution in [-0.4, -0.2) is 38.1 Å². The SMILES string of the molecule is CCCCCCCCCCCCCCOP(=O)(CP(C)(C)(I)C(C)C)OCCCCCCCCCCCCCC. The van der Waals surface area contributed by atoms with Gasteiger partial charge in [0.1, 0.15) is 0 Å². The summed E-state index contributed by atoms with van der Waals surface area (Å²) in [6.07, 6.45) is 31.8. The van der Waals surface area contributed by atoms with Crippen molar-refractivity contribution in [3.63, 3.8) is 0 Å². The zero-order valence-corrected chi connectivity index (χ0v) is 32.1. The smallest absolute Gasteiger partial charge is 0.0654 e. The van der Waals surface area contributed by atoms with Gasteiger partial charge in [-0.05, 0) is 0 Å². The Kier molecular flexibility index (Phi) is 26.5. The Bertz CT molecular complexity index is 570. The summed E-state index contributed by atoms with van der Waals surface area (Å²) in [6, 6.07) is 0. The Hall–Kier alpha value is 1.31. The fraction of sp³-hybridized carbons (Fsp3) is 1.00. The number of hydrogen-bond acceptors (Lipinski definition) is 3. The van der Waals surface area contributed by atoms with Gasteiger partial charge < -0.3 is 0 Å². The first kappa shape index (κ1) is 41.3. The molecule has 3 nitrogen and oxygen atoms in total. The van der Waals surface area contributed by atoms with Gasteiger partial charge in [0.15, 0.2) is 0 Å². The van der Waals surface area contributed by atoms with Gasteiger partial charge >= 0.3 is 202 Å². The molecule has 0 aromatic heterocycles. The van der Waals surface area contributed by atoms with E-state index in [9.17, 15) is 4.57 Å². The fourth-order valence-corrected chi connectivity index (χ4v) is 15.4. The van der Waals surface area contributed by atoms with Crippen LogP contribution in [-0.2, 0) is 13.6 Å². The van der Waals surface area contributed by atoms with Crippen LogP contribution in [0.4, 0.5) is 0 Å². The van der Waals surface area contributed by atoms with Crippen molar-refractivity contribution in [1.82, 2.24) is 0 Å². The molecule has 0 unspecified atom stereocenters. The van der Waals surface area contributed by atoms with Crippen molar-refractivity contribution in [2.45, 2.75) is 187 Å². The molecule has 0 spiro atoms. The molecular formula is C34H73IO3P2. The minimum Gasteiger partial charge on any atom is -0.0654 e. The van der Waals surface area contributed by atoms with E-state index in [1.165, 1.54) is 141 Å². The van der Waals surface area contributed by atoms with Crippen molar-refractivity contribution in [3.05, 3.63) is 0 Å². The maximum absolute atomic E-state index is 13.9. The van der Waals surface area contributed by atoms with Gasteiger partial charge in [0, 0.05) is 0 Å². The Labute approximate surface area is 266 Å². The minimum absolute atomic E-state index is 0.505. The van der Waals surface area contributed by atoms with Crippen LogP contribution >= 0.6 is 33.9 Å². The average molecular weight is 719 g/mol. The van der Waals surface area contributed by atoms with Crippen LogP contribution in [0.5, 0.6) is 0 Å². The predicted octanol–water partition coefficient (Wildman–Crippen LogP) is 14.1. The molecule has 40 heavy (non-hydrogen) atoms. The van der Waals surface area contributed by atoms with Gasteiger partial charge in [-0.3, -0.25) is 0 Å². The van der Waals surface area contributed by atoms with Gasteiger partial charge in [-0.1, -0.05) is 65.2 Å². The molecule has 244 valence electrons. The quantitative estimate of drug-likeness (QED) is 0.0407. The summed E-state index contributed by atoms with van der Waals surface area (Å²) < 4.78 is 24.1. The van der Waals surface area contributed by atoms with Gasteiger partial charge in [0.2, 0.25) is 0 Å². The first-order chi connectivity index (χ1) is 19.0. The van der Waals surface area contributed by atoms with E-state index in [2.05, 4.69) is 63.1 Å². The van der Waals surface area contributed by atoms with Crippen LogP contribution in [0, 0.1) is 0 Å². The van der Waals surface area contributed by atoms with E-state index in [0.29, 0.717) is 24.8 Å². The molecule has 0 rings (SSSR count). The Balaban J connectivity index is 4.17. The maximum atomic E-state index is 13.9. The minimum atomic E-state index is -3.07. The molecule has 0 fully saturated rings. The average Bonchev–Trinajstić information content (AvgIpc) is 2.89. The monoisotopic (exact) mass is 718 g/mol. The second-order valence-electron chi connectivity index (χ2n) is 13.6. The van der Waals surface area contributed by atoms with Crippen LogP contribution in [0.2, 0.25) is 0 Å². The van der Waals surface area contributed by atoms with Gasteiger partial charge in [0.25, 0.3) is 0 Å². The Morgan fingerprint density at radius 2 is 0.775 bits per heavy atom. The number of unbranched alkanes of at least 4 members (excludes halogenated alkanes) is 22. The van der Waals surface area contributed by atoms with Gasteiger partial charge in [-0.15, -0.1) is 0 Å². The molecule has 0 atom stereocenters. The summed E-state index contributed by atoms with van der Waals surface area (Å²) in [5.74, 6) is 0.605. The predicted molar refractivity (Wildman–Crippen MR) is 194 cm³/mol. The van der Waals surface area contributed by atoms with Gasteiger partial charge in [-0.25, -0.2) is 0 Å². The van der Waals surface area contributed by atoms with Crippen LogP contribution < -0.4 is 0 Å². The molecule has 0 radical (unpaired) electrons. The molecule has 0 aliphatic heterocycles. The third-order valence-electron chi connectivity index (χ3n) is 8.76. The van der Waals surface area contributed by atoms with Crippen molar-refractivity contribution in [1.29, 1.82) is 0 Å². The van der Waals surface area contributed by atoms with Crippen molar-refractivity contribution < 1.29 is 13.6 Å². The molecule has 0 aromatic carbocycles. The first-order valence-electron chi connectivity index (χ1n) is 17.6. The molecule has 0 amide bonds. The molecule has 0 aliphatic rings. The molecule has 0 N–H and O–H groups in total. The Morgan fingerprint density at radius 3 is 1.02 bits per heavy atom. The molecule has 6 heteroatoms. The number of rotatable bonds is 31. The van der Waals surface area contributed by atoms with E-state index in [-0.39, 0.29) is 0 Å². The molecule has 0 saturated heterocycles. The molecule has 0 aromatic rings. The van der Waals surface area contributed by atoms with E-state index in [0.717, 1.165) is 12.8 Å². The third kappa shape index (κ3) is 24.7. The van der Waals surface area contributed by atoms with Crippen LogP contribution in [0.1, 0.15) is 182 Å². The number of halogens is 1. The molecule has 0 bridgehead atoms. The number of hydrogen-bond donors (Lipinski definition) is 0. The van der Waals surface area contributed by atoms with E-state index >= 15 is 0 Å². The van der Waals surface area contributed by atoms with E-state index in [1.807, 2.05) is 0 Å². The van der Waals surface area contributed by atoms with Gasteiger partial charge in [0.05, 0.1) is 0 Å². The van der Waals surface area contributed by atoms with Crippen molar-refractivity contribution in [3.8, 4) is 0 Å². The van der Waals surface area contributed by atoms with Crippen molar-refractivity contribution in [2.24, 2.45) is 0 Å². The summed E-state index contributed by atoms with van der Waals surface area (Å²) in [4.78, 5) is 0. The fourth-order valence-electron chi connectivity index (χ4n) is 5.09. The standard InChI is InChI=1S/C34H73IO3P2/c1-7-9-11-13-15-17-19-21-23-25-27-29-31-37-39(36,33-40(5,6,35)34(3)4)38-32-30-28-26-24-22-20-18-16-14-12-10-8-2/h34H,7-33H2,1-6H3. The summed E-state index contributed by atoms with van der Waals surface area (Å²) >= 11 is 2.62. The van der Waals surface area contributed by atoms with Gasteiger partial charge in [-0.2, -0.15) is 0 Å². The normalized spacial score (nSPS) is 13.7. The van der Waals surface area contributed by atoms with Crippen LogP contribution in [0.3, 0.4) is 0 Å². The van der Waals surface area contributed by atoms with E-state index in [1.54, 1.807) is 0 Å². The molecular weight excluding hydrogens is 645 g/mol. The summed E-state index contributed by atoms with van der Waals surface area (Å²) in [5.41, 5.74) is 0.505. The van der Waals surface area contributed by atoms with E-state index in [4.69, 9.17) is 9.05 Å². The summed E-state index contributed by atoms with van der Waals surface area (Å²) in [5, 5.41) is 0. The molecule has 0 heterocycles. The summed E-state index contributed by atoms with van der Waals surface area (Å²) in [7, 11) is -3.07. The second-order valence-corrected chi connectivity index (χ2v) is 31.7. The summed E-state index contributed by atoms with van der Waals surface area (Å²) in [6.45, 7) is 14.9. The van der Waals surface area contributed by atoms with E-state index < -0.39 is 11.8 Å². The molecule has 0 aliphatic carbocycles. The van der Waals surface area contributed by atoms with Crippen LogP contribution in [0.25, 0.3) is 0 Å². The van der Waals surface area contributed by atoms with Crippen molar-refractivity contribution >= 4 is 33.9 Å². The first-order valence-corrected chi connectivity index (χ1v) is 25.5. The van der Waals surface area contributed by atoms with Crippen molar-refractivity contribution in [2.75, 3.05) is 32.4 Å². The third-order valence-corrected chi connectivity index (χ3v) is 23.9. The van der Waals surface area contributed by atoms with Crippen LogP contribution in [0.15, 0.2) is 0 Å².